The second-order valence-corrected chi connectivity index (χ2v) is 10.2. The Labute approximate surface area is 198 Å². The first-order valence-corrected chi connectivity index (χ1v) is 12.4. The Hall–Kier alpha value is -2.36. The van der Waals surface area contributed by atoms with Crippen LogP contribution in [0.4, 0.5) is 5.69 Å². The van der Waals surface area contributed by atoms with Gasteiger partial charge in [-0.2, -0.15) is 0 Å². The molecule has 0 saturated heterocycles. The molecule has 0 aliphatic rings. The summed E-state index contributed by atoms with van der Waals surface area (Å²) in [6, 6.07) is 20.2. The molecule has 31 heavy (non-hydrogen) atoms. The van der Waals surface area contributed by atoms with E-state index in [1.54, 1.807) is 24.3 Å². The number of hydrogen-bond acceptors (Lipinski definition) is 4. The van der Waals surface area contributed by atoms with E-state index >= 15 is 0 Å². The monoisotopic (exact) mass is 566 g/mol. The van der Waals surface area contributed by atoms with Gasteiger partial charge in [0.25, 0.3) is 15.9 Å². The molecule has 162 valence electrons. The Morgan fingerprint density at radius 1 is 0.968 bits per heavy atom. The number of halogens is 2. The largest absolute Gasteiger partial charge is 0.484 e. The summed E-state index contributed by atoms with van der Waals surface area (Å²) in [7, 11) is -3.73. The van der Waals surface area contributed by atoms with Crippen LogP contribution in [0.3, 0.4) is 0 Å². The summed E-state index contributed by atoms with van der Waals surface area (Å²) in [6.45, 7) is 1.71. The molecule has 0 aliphatic heterocycles. The molecule has 0 aliphatic carbocycles. The lowest BCUT2D eigenvalue weighted by Gasteiger charge is -2.15. The quantitative estimate of drug-likeness (QED) is 0.388. The molecule has 1 unspecified atom stereocenters. The molecule has 1 atom stereocenters. The fourth-order valence-corrected chi connectivity index (χ4v) is 4.48. The molecule has 2 N–H and O–H groups in total. The summed E-state index contributed by atoms with van der Waals surface area (Å²) in [6.07, 6.45) is 0. The lowest BCUT2D eigenvalue weighted by molar-refractivity contribution is -0.123. The number of nitrogens with one attached hydrogen (secondary N) is 2. The highest BCUT2D eigenvalue weighted by atomic mass is 79.9. The van der Waals surface area contributed by atoms with Gasteiger partial charge in [0.05, 0.1) is 10.9 Å². The lowest BCUT2D eigenvalue weighted by atomic mass is 10.1. The van der Waals surface area contributed by atoms with E-state index in [0.717, 1.165) is 14.5 Å². The molecular weight excluding hydrogens is 548 g/mol. The minimum absolute atomic E-state index is 0.0931. The van der Waals surface area contributed by atoms with Crippen LogP contribution in [0.1, 0.15) is 18.5 Å². The van der Waals surface area contributed by atoms with Crippen molar-refractivity contribution in [3.63, 3.8) is 0 Å². The number of carbonyl (C=O) groups excluding carboxylic acids is 1. The highest BCUT2D eigenvalue weighted by Gasteiger charge is 2.15. The van der Waals surface area contributed by atoms with Crippen LogP contribution >= 0.6 is 31.9 Å². The summed E-state index contributed by atoms with van der Waals surface area (Å²) < 4.78 is 34.8. The Bertz CT molecular complexity index is 1150. The summed E-state index contributed by atoms with van der Waals surface area (Å²) >= 11 is 6.72. The number of carbonyl (C=O) groups is 1. The third kappa shape index (κ3) is 6.81. The number of hydrogen-bond donors (Lipinski definition) is 2. The fourth-order valence-electron chi connectivity index (χ4n) is 2.74. The van der Waals surface area contributed by atoms with Gasteiger partial charge in [0.2, 0.25) is 0 Å². The molecule has 3 aromatic rings. The average Bonchev–Trinajstić information content (AvgIpc) is 2.74. The third-order valence-corrected chi connectivity index (χ3v) is 6.75. The molecule has 0 bridgehead atoms. The van der Waals surface area contributed by atoms with Gasteiger partial charge >= 0.3 is 0 Å². The van der Waals surface area contributed by atoms with Gasteiger partial charge in [-0.3, -0.25) is 9.52 Å². The van der Waals surface area contributed by atoms with Crippen molar-refractivity contribution in [1.82, 2.24) is 5.32 Å². The zero-order valence-electron chi connectivity index (χ0n) is 16.5. The molecule has 0 radical (unpaired) electrons. The Morgan fingerprint density at radius 2 is 1.65 bits per heavy atom. The van der Waals surface area contributed by atoms with Crippen molar-refractivity contribution in [2.45, 2.75) is 17.9 Å². The van der Waals surface area contributed by atoms with Crippen molar-refractivity contribution in [2.24, 2.45) is 0 Å². The van der Waals surface area contributed by atoms with Gasteiger partial charge in [-0.1, -0.05) is 44.0 Å². The number of ether oxygens (including phenoxy) is 1. The van der Waals surface area contributed by atoms with Crippen LogP contribution in [0, 0.1) is 0 Å². The number of amides is 1. The molecule has 3 aromatic carbocycles. The number of rotatable bonds is 8. The van der Waals surface area contributed by atoms with E-state index in [4.69, 9.17) is 4.74 Å². The van der Waals surface area contributed by atoms with E-state index in [2.05, 4.69) is 41.9 Å². The second-order valence-electron chi connectivity index (χ2n) is 6.72. The van der Waals surface area contributed by atoms with Gasteiger partial charge in [-0.15, -0.1) is 0 Å². The molecule has 0 aromatic heterocycles. The second kappa shape index (κ2) is 10.3. The maximum Gasteiger partial charge on any atom is 0.261 e. The molecule has 9 heteroatoms. The first-order valence-electron chi connectivity index (χ1n) is 9.29. The van der Waals surface area contributed by atoms with Crippen LogP contribution in [0.5, 0.6) is 5.75 Å². The summed E-state index contributed by atoms with van der Waals surface area (Å²) in [4.78, 5) is 12.3. The Kier molecular flexibility index (Phi) is 7.74. The predicted octanol–water partition coefficient (Wildman–Crippen LogP) is 5.27. The molecule has 0 spiro atoms. The fraction of sp³-hybridized carbons (Fsp3) is 0.136. The number of anilines is 1. The summed E-state index contributed by atoms with van der Waals surface area (Å²) in [5.74, 6) is 0.119. The van der Waals surface area contributed by atoms with Crippen molar-refractivity contribution in [2.75, 3.05) is 11.3 Å². The van der Waals surface area contributed by atoms with Crippen LogP contribution in [0.15, 0.2) is 86.6 Å². The summed E-state index contributed by atoms with van der Waals surface area (Å²) in [5, 5.41) is 2.87. The average molecular weight is 568 g/mol. The molecule has 6 nitrogen and oxygen atoms in total. The van der Waals surface area contributed by atoms with Crippen LogP contribution in [0.2, 0.25) is 0 Å². The number of benzene rings is 3. The van der Waals surface area contributed by atoms with Crippen molar-refractivity contribution >= 4 is 53.5 Å². The third-order valence-electron chi connectivity index (χ3n) is 4.33. The first kappa shape index (κ1) is 23.3. The highest BCUT2D eigenvalue weighted by Crippen LogP contribution is 2.21. The highest BCUT2D eigenvalue weighted by molar-refractivity contribution is 9.10. The maximum atomic E-state index is 12.5. The van der Waals surface area contributed by atoms with Gasteiger partial charge in [0.15, 0.2) is 6.61 Å². The standard InChI is InChI=1S/C22H20Br2N2O4S/c1-15(16-3-2-4-18(24)13-16)25-22(27)14-30-20-9-11-21(12-10-20)31(28,29)26-19-7-5-17(23)6-8-19/h2-13,15,26H,14H2,1H3,(H,25,27). The van der Waals surface area contributed by atoms with Crippen molar-refractivity contribution < 1.29 is 17.9 Å². The topological polar surface area (TPSA) is 84.5 Å². The van der Waals surface area contributed by atoms with E-state index in [-0.39, 0.29) is 23.5 Å². The zero-order chi connectivity index (χ0) is 22.4. The zero-order valence-corrected chi connectivity index (χ0v) is 20.5. The molecule has 3 rings (SSSR count). The Balaban J connectivity index is 1.55. The van der Waals surface area contributed by atoms with Gasteiger partial charge < -0.3 is 10.1 Å². The van der Waals surface area contributed by atoms with Gasteiger partial charge in [0.1, 0.15) is 5.75 Å². The Morgan fingerprint density at radius 3 is 2.29 bits per heavy atom. The minimum atomic E-state index is -3.73. The van der Waals surface area contributed by atoms with Crippen LogP contribution in [-0.4, -0.2) is 20.9 Å². The predicted molar refractivity (Wildman–Crippen MR) is 128 cm³/mol. The summed E-state index contributed by atoms with van der Waals surface area (Å²) in [5.41, 5.74) is 1.43. The maximum absolute atomic E-state index is 12.5. The smallest absolute Gasteiger partial charge is 0.261 e. The lowest BCUT2D eigenvalue weighted by Crippen LogP contribution is -2.31. The first-order chi connectivity index (χ1) is 14.7. The van der Waals surface area contributed by atoms with Gasteiger partial charge in [0, 0.05) is 14.6 Å². The van der Waals surface area contributed by atoms with E-state index in [1.807, 2.05) is 31.2 Å². The molecule has 0 saturated carbocycles. The van der Waals surface area contributed by atoms with Crippen LogP contribution in [0.25, 0.3) is 0 Å². The van der Waals surface area contributed by atoms with E-state index in [1.165, 1.54) is 24.3 Å². The molecule has 0 heterocycles. The van der Waals surface area contributed by atoms with Crippen LogP contribution in [-0.2, 0) is 14.8 Å². The SMILES string of the molecule is CC(NC(=O)COc1ccc(S(=O)(=O)Nc2ccc(Br)cc2)cc1)c1cccc(Br)c1. The van der Waals surface area contributed by atoms with Gasteiger partial charge in [-0.05, 0) is 73.2 Å². The van der Waals surface area contributed by atoms with E-state index in [0.29, 0.717) is 11.4 Å². The molecule has 0 fully saturated rings. The van der Waals surface area contributed by atoms with E-state index < -0.39 is 10.0 Å². The van der Waals surface area contributed by atoms with E-state index in [9.17, 15) is 13.2 Å². The molecular formula is C22H20Br2N2O4S. The molecule has 1 amide bonds. The van der Waals surface area contributed by atoms with Crippen molar-refractivity contribution in [1.29, 1.82) is 0 Å². The van der Waals surface area contributed by atoms with Crippen molar-refractivity contribution in [3.8, 4) is 5.75 Å². The van der Waals surface area contributed by atoms with Gasteiger partial charge in [-0.25, -0.2) is 8.42 Å². The number of sulfonamides is 1. The van der Waals surface area contributed by atoms with Crippen LogP contribution < -0.4 is 14.8 Å². The van der Waals surface area contributed by atoms with Crippen molar-refractivity contribution in [3.05, 3.63) is 87.3 Å². The normalized spacial score (nSPS) is 12.1. The minimum Gasteiger partial charge on any atom is -0.484 e.